The van der Waals surface area contributed by atoms with E-state index in [9.17, 15) is 4.79 Å². The van der Waals surface area contributed by atoms with Crippen LogP contribution >= 0.6 is 11.6 Å². The Balaban J connectivity index is 1.81. The van der Waals surface area contributed by atoms with Gasteiger partial charge in [-0.15, -0.1) is 0 Å². The fourth-order valence-corrected chi connectivity index (χ4v) is 1.90. The third-order valence-corrected chi connectivity index (χ3v) is 3.31. The van der Waals surface area contributed by atoms with E-state index in [1.165, 1.54) is 0 Å². The number of carbonyl (C=O) groups is 1. The molecule has 0 aromatic carbocycles. The van der Waals surface area contributed by atoms with Gasteiger partial charge in [0.25, 0.3) is 0 Å². The minimum atomic E-state index is -0.100. The quantitative estimate of drug-likeness (QED) is 0.849. The number of halogens is 1. The average molecular weight is 312 g/mol. The first-order valence-corrected chi connectivity index (χ1v) is 7.06. The third-order valence-electron chi connectivity index (χ3n) is 2.94. The summed E-state index contributed by atoms with van der Waals surface area (Å²) in [6.07, 6.45) is 5.21. The summed E-state index contributed by atoms with van der Waals surface area (Å²) in [7, 11) is 0. The maximum Gasteiger partial charge on any atom is 0.226 e. The van der Waals surface area contributed by atoms with Gasteiger partial charge in [-0.2, -0.15) is 10.2 Å². The van der Waals surface area contributed by atoms with Gasteiger partial charge in [0.1, 0.15) is 6.73 Å². The van der Waals surface area contributed by atoms with Crippen molar-refractivity contribution >= 4 is 23.2 Å². The minimum Gasteiger partial charge on any atom is -0.360 e. The van der Waals surface area contributed by atoms with E-state index < -0.39 is 0 Å². The predicted octanol–water partition coefficient (Wildman–Crippen LogP) is 2.06. The Morgan fingerprint density at radius 2 is 2.24 bits per heavy atom. The molecule has 0 unspecified atom stereocenters. The first-order chi connectivity index (χ1) is 10.1. The first-order valence-electron chi connectivity index (χ1n) is 6.68. The van der Waals surface area contributed by atoms with Crippen molar-refractivity contribution in [2.24, 2.45) is 0 Å². The molecule has 114 valence electrons. The van der Waals surface area contributed by atoms with Gasteiger partial charge in [0.2, 0.25) is 5.91 Å². The largest absolute Gasteiger partial charge is 0.360 e. The van der Waals surface area contributed by atoms with Crippen molar-refractivity contribution < 1.29 is 9.53 Å². The second-order valence-corrected chi connectivity index (χ2v) is 4.90. The molecule has 8 heteroatoms. The zero-order valence-electron chi connectivity index (χ0n) is 12.0. The van der Waals surface area contributed by atoms with Crippen LogP contribution in [0.15, 0.2) is 18.6 Å². The normalized spacial score (nSPS) is 10.8. The highest BCUT2D eigenvalue weighted by Gasteiger charge is 2.08. The number of aromatic nitrogens is 4. The monoisotopic (exact) mass is 311 g/mol. The van der Waals surface area contributed by atoms with E-state index in [4.69, 9.17) is 16.3 Å². The average Bonchev–Trinajstić information content (AvgIpc) is 3.03. The molecule has 2 heterocycles. The van der Waals surface area contributed by atoms with Crippen molar-refractivity contribution in [3.63, 3.8) is 0 Å². The van der Waals surface area contributed by atoms with Crippen LogP contribution in [0, 0.1) is 6.92 Å². The van der Waals surface area contributed by atoms with Crippen LogP contribution in [0.3, 0.4) is 0 Å². The van der Waals surface area contributed by atoms with Crippen molar-refractivity contribution in [2.45, 2.75) is 33.5 Å². The summed E-state index contributed by atoms with van der Waals surface area (Å²) in [5.74, 6) is -0.100. The predicted molar refractivity (Wildman–Crippen MR) is 79.1 cm³/mol. The van der Waals surface area contributed by atoms with Crippen LogP contribution < -0.4 is 5.32 Å². The number of amides is 1. The highest BCUT2D eigenvalue weighted by Crippen LogP contribution is 2.13. The molecule has 0 spiro atoms. The summed E-state index contributed by atoms with van der Waals surface area (Å²) in [6, 6.07) is 0. The van der Waals surface area contributed by atoms with Gasteiger partial charge in [-0.3, -0.25) is 9.48 Å². The van der Waals surface area contributed by atoms with E-state index in [1.54, 1.807) is 28.0 Å². The van der Waals surface area contributed by atoms with Gasteiger partial charge in [-0.25, -0.2) is 4.68 Å². The topological polar surface area (TPSA) is 74.0 Å². The summed E-state index contributed by atoms with van der Waals surface area (Å²) in [4.78, 5) is 11.9. The number of carbonyl (C=O) groups excluding carboxylic acids is 1. The molecular formula is C13H18ClN5O2. The van der Waals surface area contributed by atoms with Gasteiger partial charge in [0.15, 0.2) is 0 Å². The highest BCUT2D eigenvalue weighted by atomic mass is 35.5. The Kier molecular flexibility index (Phi) is 5.35. The Bertz CT molecular complexity index is 607. The number of hydrogen-bond acceptors (Lipinski definition) is 4. The van der Waals surface area contributed by atoms with Crippen molar-refractivity contribution in [3.8, 4) is 0 Å². The molecule has 0 aliphatic heterocycles. The molecule has 2 aromatic rings. The van der Waals surface area contributed by atoms with E-state index in [-0.39, 0.29) is 5.91 Å². The maximum atomic E-state index is 11.9. The number of rotatable bonds is 7. The molecule has 0 bridgehead atoms. The zero-order valence-corrected chi connectivity index (χ0v) is 12.8. The summed E-state index contributed by atoms with van der Waals surface area (Å²) >= 11 is 5.91. The van der Waals surface area contributed by atoms with Crippen LogP contribution in [-0.4, -0.2) is 32.1 Å². The van der Waals surface area contributed by atoms with Crippen LogP contribution in [0.25, 0.3) is 0 Å². The molecular weight excluding hydrogens is 294 g/mol. The third kappa shape index (κ3) is 4.30. The zero-order chi connectivity index (χ0) is 15.2. The van der Waals surface area contributed by atoms with Crippen molar-refractivity contribution in [1.82, 2.24) is 19.6 Å². The summed E-state index contributed by atoms with van der Waals surface area (Å²) in [6.45, 7) is 5.25. The van der Waals surface area contributed by atoms with Gasteiger partial charge in [-0.05, 0) is 13.8 Å². The molecule has 0 fully saturated rings. The number of ether oxygens (including phenoxy) is 1. The Morgan fingerprint density at radius 1 is 1.43 bits per heavy atom. The lowest BCUT2D eigenvalue weighted by Crippen LogP contribution is -2.15. The lowest BCUT2D eigenvalue weighted by Gasteiger charge is -2.05. The first kappa shape index (κ1) is 15.5. The van der Waals surface area contributed by atoms with Crippen LogP contribution in [0.5, 0.6) is 0 Å². The molecule has 0 aliphatic rings. The molecule has 0 saturated carbocycles. The molecule has 0 atom stereocenters. The molecule has 1 amide bonds. The number of nitrogens with one attached hydrogen (secondary N) is 1. The van der Waals surface area contributed by atoms with Gasteiger partial charge < -0.3 is 10.1 Å². The molecule has 1 N–H and O–H groups in total. The van der Waals surface area contributed by atoms with Crippen molar-refractivity contribution in [3.05, 3.63) is 29.3 Å². The van der Waals surface area contributed by atoms with E-state index >= 15 is 0 Å². The van der Waals surface area contributed by atoms with Gasteiger partial charge in [-0.1, -0.05) is 11.6 Å². The van der Waals surface area contributed by atoms with Crippen molar-refractivity contribution in [2.75, 3.05) is 11.9 Å². The number of anilines is 1. The second kappa shape index (κ2) is 7.24. The highest BCUT2D eigenvalue weighted by molar-refractivity contribution is 6.31. The molecule has 0 aliphatic carbocycles. The van der Waals surface area contributed by atoms with Crippen LogP contribution in [0.4, 0.5) is 5.69 Å². The summed E-state index contributed by atoms with van der Waals surface area (Å²) in [5.41, 5.74) is 1.50. The van der Waals surface area contributed by atoms with Gasteiger partial charge >= 0.3 is 0 Å². The smallest absolute Gasteiger partial charge is 0.226 e. The fourth-order valence-electron chi connectivity index (χ4n) is 1.76. The lowest BCUT2D eigenvalue weighted by atomic mass is 10.3. The minimum absolute atomic E-state index is 0.100. The van der Waals surface area contributed by atoms with Crippen LogP contribution in [-0.2, 0) is 22.8 Å². The van der Waals surface area contributed by atoms with E-state index in [1.807, 2.05) is 13.8 Å². The molecule has 2 aromatic heterocycles. The van der Waals surface area contributed by atoms with E-state index in [2.05, 4.69) is 15.5 Å². The second-order valence-electron chi connectivity index (χ2n) is 4.49. The molecule has 21 heavy (non-hydrogen) atoms. The van der Waals surface area contributed by atoms with Crippen LogP contribution in [0.1, 0.15) is 19.0 Å². The van der Waals surface area contributed by atoms with E-state index in [0.717, 1.165) is 5.69 Å². The molecule has 7 nitrogen and oxygen atoms in total. The molecule has 0 saturated heterocycles. The maximum absolute atomic E-state index is 11.9. The molecule has 2 rings (SSSR count). The number of nitrogens with zero attached hydrogens (tertiary/aromatic N) is 4. The fraction of sp³-hybridized carbons (Fsp3) is 0.462. The van der Waals surface area contributed by atoms with Gasteiger partial charge in [0, 0.05) is 13.0 Å². The summed E-state index contributed by atoms with van der Waals surface area (Å²) in [5, 5.41) is 11.6. The summed E-state index contributed by atoms with van der Waals surface area (Å²) < 4.78 is 8.55. The molecule has 0 radical (unpaired) electrons. The standard InChI is InChI=1S/C13H18ClN5O2/c1-3-21-9-18-8-11(6-15-18)17-13(20)4-5-19-10(2)12(14)7-16-19/h6-8H,3-5,9H2,1-2H3,(H,17,20). The SMILES string of the molecule is CCOCn1cc(NC(=O)CCn2ncc(Cl)c2C)cn1. The Labute approximate surface area is 127 Å². The van der Waals surface area contributed by atoms with E-state index in [0.29, 0.717) is 37.0 Å². The van der Waals surface area contributed by atoms with Crippen LogP contribution in [0.2, 0.25) is 5.02 Å². The number of aryl methyl sites for hydroxylation is 1. The Morgan fingerprint density at radius 3 is 2.90 bits per heavy atom. The van der Waals surface area contributed by atoms with Gasteiger partial charge in [0.05, 0.1) is 41.5 Å². The number of hydrogen-bond donors (Lipinski definition) is 1. The lowest BCUT2D eigenvalue weighted by molar-refractivity contribution is -0.116. The Hall–Kier alpha value is -1.86. The van der Waals surface area contributed by atoms with Crippen molar-refractivity contribution in [1.29, 1.82) is 0 Å².